The van der Waals surface area contributed by atoms with E-state index in [1.54, 1.807) is 0 Å². The van der Waals surface area contributed by atoms with Crippen LogP contribution in [0.3, 0.4) is 0 Å². The van der Waals surface area contributed by atoms with Crippen LogP contribution in [0.25, 0.3) is 0 Å². The van der Waals surface area contributed by atoms with E-state index in [1.807, 2.05) is 18.2 Å². The highest BCUT2D eigenvalue weighted by molar-refractivity contribution is 5.91. The molecule has 0 unspecified atom stereocenters. The molecular formula is C15H18N2O2. The Morgan fingerprint density at radius 1 is 1.16 bits per heavy atom. The van der Waals surface area contributed by atoms with Crippen LogP contribution in [0, 0.1) is 0 Å². The van der Waals surface area contributed by atoms with Crippen molar-refractivity contribution in [2.24, 2.45) is 0 Å². The normalized spacial score (nSPS) is 27.6. The quantitative estimate of drug-likeness (QED) is 0.592. The molecule has 2 heterocycles. The molecular weight excluding hydrogens is 240 g/mol. The summed E-state index contributed by atoms with van der Waals surface area (Å²) in [4.78, 5) is 11.7. The lowest BCUT2D eigenvalue weighted by atomic mass is 9.99. The van der Waals surface area contributed by atoms with E-state index in [4.69, 9.17) is 4.74 Å². The van der Waals surface area contributed by atoms with E-state index < -0.39 is 0 Å². The van der Waals surface area contributed by atoms with Crippen LogP contribution in [0.15, 0.2) is 41.6 Å². The fraction of sp³-hybridized carbons (Fsp3) is 0.400. The van der Waals surface area contributed by atoms with Gasteiger partial charge in [-0.15, -0.1) is 0 Å². The molecule has 1 aromatic rings. The van der Waals surface area contributed by atoms with E-state index in [9.17, 15) is 4.79 Å². The molecule has 0 radical (unpaired) electrons. The van der Waals surface area contributed by atoms with Crippen LogP contribution >= 0.6 is 0 Å². The van der Waals surface area contributed by atoms with Gasteiger partial charge in [0.2, 0.25) is 0 Å². The second kappa shape index (κ2) is 5.45. The van der Waals surface area contributed by atoms with E-state index in [-0.39, 0.29) is 12.0 Å². The number of ether oxygens (including phenoxy) is 1. The van der Waals surface area contributed by atoms with Gasteiger partial charge in [0, 0.05) is 37.7 Å². The van der Waals surface area contributed by atoms with E-state index in [1.165, 1.54) is 5.56 Å². The van der Waals surface area contributed by atoms with E-state index in [2.05, 4.69) is 22.8 Å². The van der Waals surface area contributed by atoms with Crippen molar-refractivity contribution in [1.82, 2.24) is 10.6 Å². The SMILES string of the molecule is O=C1OCC/C1=C1\C[C@@H](c2ccccc2)NCCN1. The van der Waals surface area contributed by atoms with Crippen molar-refractivity contribution < 1.29 is 9.53 Å². The van der Waals surface area contributed by atoms with E-state index >= 15 is 0 Å². The van der Waals surface area contributed by atoms with E-state index in [0.29, 0.717) is 6.61 Å². The predicted octanol–water partition coefficient (Wildman–Crippen LogP) is 1.51. The molecule has 19 heavy (non-hydrogen) atoms. The largest absolute Gasteiger partial charge is 0.462 e. The van der Waals surface area contributed by atoms with Gasteiger partial charge in [0.15, 0.2) is 0 Å². The number of hydrogen-bond donors (Lipinski definition) is 2. The maximum atomic E-state index is 11.7. The molecule has 3 rings (SSSR count). The fourth-order valence-corrected chi connectivity index (χ4v) is 2.67. The fourth-order valence-electron chi connectivity index (χ4n) is 2.67. The predicted molar refractivity (Wildman–Crippen MR) is 72.4 cm³/mol. The first-order valence-corrected chi connectivity index (χ1v) is 6.76. The van der Waals surface area contributed by atoms with Gasteiger partial charge in [-0.2, -0.15) is 0 Å². The monoisotopic (exact) mass is 258 g/mol. The number of carbonyl (C=O) groups is 1. The minimum atomic E-state index is -0.156. The Labute approximate surface area is 112 Å². The zero-order chi connectivity index (χ0) is 13.1. The molecule has 2 N–H and O–H groups in total. The number of carbonyl (C=O) groups excluding carboxylic acids is 1. The van der Waals surface area contributed by atoms with Crippen molar-refractivity contribution in [3.8, 4) is 0 Å². The van der Waals surface area contributed by atoms with Crippen LogP contribution in [0.2, 0.25) is 0 Å². The lowest BCUT2D eigenvalue weighted by Gasteiger charge is -2.17. The number of cyclic esters (lactones) is 1. The third-order valence-corrected chi connectivity index (χ3v) is 3.66. The average molecular weight is 258 g/mol. The van der Waals surface area contributed by atoms with Crippen LogP contribution in [0.1, 0.15) is 24.4 Å². The molecule has 1 atom stereocenters. The summed E-state index contributed by atoms with van der Waals surface area (Å²) >= 11 is 0. The maximum Gasteiger partial charge on any atom is 0.335 e. The topological polar surface area (TPSA) is 50.4 Å². The summed E-state index contributed by atoms with van der Waals surface area (Å²) < 4.78 is 5.04. The summed E-state index contributed by atoms with van der Waals surface area (Å²) in [6, 6.07) is 10.6. The lowest BCUT2D eigenvalue weighted by molar-refractivity contribution is -0.135. The highest BCUT2D eigenvalue weighted by atomic mass is 16.5. The summed E-state index contributed by atoms with van der Waals surface area (Å²) in [7, 11) is 0. The summed E-state index contributed by atoms with van der Waals surface area (Å²) in [6.07, 6.45) is 1.54. The molecule has 0 aliphatic carbocycles. The van der Waals surface area contributed by atoms with Gasteiger partial charge in [-0.05, 0) is 5.56 Å². The Balaban J connectivity index is 1.86. The highest BCUT2D eigenvalue weighted by Crippen LogP contribution is 2.26. The third-order valence-electron chi connectivity index (χ3n) is 3.66. The number of esters is 1. The van der Waals surface area contributed by atoms with E-state index in [0.717, 1.165) is 37.2 Å². The minimum Gasteiger partial charge on any atom is -0.462 e. The van der Waals surface area contributed by atoms with Gasteiger partial charge in [0.1, 0.15) is 0 Å². The van der Waals surface area contributed by atoms with Crippen molar-refractivity contribution in [3.05, 3.63) is 47.2 Å². The number of rotatable bonds is 1. The molecule has 1 aromatic carbocycles. The average Bonchev–Trinajstić information content (AvgIpc) is 2.74. The lowest BCUT2D eigenvalue weighted by Crippen LogP contribution is -2.23. The standard InChI is InChI=1S/C15H18N2O2/c18-15-12(6-9-19-15)14-10-13(16-7-8-17-14)11-4-2-1-3-5-11/h1-5,13,16-17H,6-10H2/b14-12-/t13-/m0/s1. The van der Waals surface area contributed by atoms with Crippen molar-refractivity contribution in [2.75, 3.05) is 19.7 Å². The first-order valence-electron chi connectivity index (χ1n) is 6.76. The maximum absolute atomic E-state index is 11.7. The summed E-state index contributed by atoms with van der Waals surface area (Å²) in [5.74, 6) is -0.156. The molecule has 0 spiro atoms. The van der Waals surface area contributed by atoms with Gasteiger partial charge in [-0.1, -0.05) is 30.3 Å². The first kappa shape index (κ1) is 12.2. The first-order chi connectivity index (χ1) is 9.34. The minimum absolute atomic E-state index is 0.156. The molecule has 2 aliphatic rings. The Morgan fingerprint density at radius 2 is 2.00 bits per heavy atom. The molecule has 0 bridgehead atoms. The number of nitrogens with one attached hydrogen (secondary N) is 2. The van der Waals surface area contributed by atoms with Gasteiger partial charge < -0.3 is 15.4 Å². The zero-order valence-corrected chi connectivity index (χ0v) is 10.8. The Morgan fingerprint density at radius 3 is 2.74 bits per heavy atom. The Bertz CT molecular complexity index is 496. The van der Waals surface area contributed by atoms with Gasteiger partial charge in [-0.25, -0.2) is 4.79 Å². The molecule has 4 heteroatoms. The second-order valence-electron chi connectivity index (χ2n) is 4.89. The molecule has 0 amide bonds. The van der Waals surface area contributed by atoms with Crippen LogP contribution in [0.5, 0.6) is 0 Å². The number of benzene rings is 1. The van der Waals surface area contributed by atoms with Crippen molar-refractivity contribution in [3.63, 3.8) is 0 Å². The van der Waals surface area contributed by atoms with Gasteiger partial charge in [-0.3, -0.25) is 0 Å². The Kier molecular flexibility index (Phi) is 3.51. The molecule has 0 saturated carbocycles. The second-order valence-corrected chi connectivity index (χ2v) is 4.89. The van der Waals surface area contributed by atoms with Crippen LogP contribution < -0.4 is 10.6 Å². The van der Waals surface area contributed by atoms with Crippen LogP contribution in [-0.2, 0) is 9.53 Å². The Hall–Kier alpha value is -1.81. The van der Waals surface area contributed by atoms with Gasteiger partial charge >= 0.3 is 5.97 Å². The molecule has 4 nitrogen and oxygen atoms in total. The molecule has 2 aliphatic heterocycles. The van der Waals surface area contributed by atoms with Crippen molar-refractivity contribution >= 4 is 5.97 Å². The smallest absolute Gasteiger partial charge is 0.335 e. The molecule has 2 fully saturated rings. The summed E-state index contributed by atoms with van der Waals surface area (Å²) in [5.41, 5.74) is 3.13. The van der Waals surface area contributed by atoms with Crippen molar-refractivity contribution in [2.45, 2.75) is 18.9 Å². The third kappa shape index (κ3) is 2.63. The van der Waals surface area contributed by atoms with Gasteiger partial charge in [0.05, 0.1) is 12.2 Å². The molecule has 2 saturated heterocycles. The molecule has 100 valence electrons. The molecule has 0 aromatic heterocycles. The highest BCUT2D eigenvalue weighted by Gasteiger charge is 2.26. The summed E-state index contributed by atoms with van der Waals surface area (Å²) in [6.45, 7) is 2.25. The number of hydrogen-bond acceptors (Lipinski definition) is 4. The van der Waals surface area contributed by atoms with Crippen molar-refractivity contribution in [1.29, 1.82) is 0 Å². The van der Waals surface area contributed by atoms with Crippen LogP contribution in [0.4, 0.5) is 0 Å². The van der Waals surface area contributed by atoms with Gasteiger partial charge in [0.25, 0.3) is 0 Å². The summed E-state index contributed by atoms with van der Waals surface area (Å²) in [5, 5.41) is 6.89. The van der Waals surface area contributed by atoms with Crippen LogP contribution in [-0.4, -0.2) is 25.7 Å². The zero-order valence-electron chi connectivity index (χ0n) is 10.8.